The van der Waals surface area contributed by atoms with Crippen molar-refractivity contribution < 1.29 is 69.1 Å². The summed E-state index contributed by atoms with van der Waals surface area (Å²) in [6, 6.07) is 6.78. The molecule has 0 aliphatic rings. The maximum atomic E-state index is 12.0. The van der Waals surface area contributed by atoms with Gasteiger partial charge in [0.1, 0.15) is 5.75 Å². The molecule has 17 heavy (non-hydrogen) atoms. The molecule has 1 rings (SSSR count). The fourth-order valence-corrected chi connectivity index (χ4v) is 1.24. The molecule has 0 spiro atoms. The molecule has 0 heterocycles. The fourth-order valence-electron chi connectivity index (χ4n) is 1.24. The Morgan fingerprint density at radius 3 is 2.24 bits per heavy atom. The van der Waals surface area contributed by atoms with Gasteiger partial charge in [0, 0.05) is 0 Å². The number of rotatable bonds is 3. The maximum absolute atomic E-state index is 12.0. The van der Waals surface area contributed by atoms with E-state index in [0.717, 1.165) is 5.56 Å². The first-order valence-corrected chi connectivity index (χ1v) is 5.13. The summed E-state index contributed by atoms with van der Waals surface area (Å²) in [6.07, 6.45) is 0. The minimum Gasteiger partial charge on any atom is -0.522 e. The van der Waals surface area contributed by atoms with Crippen LogP contribution in [0.25, 0.3) is 0 Å². The van der Waals surface area contributed by atoms with Gasteiger partial charge in [-0.2, -0.15) is 0 Å². The van der Waals surface area contributed by atoms with Gasteiger partial charge in [0.25, 0.3) is 0 Å². The van der Waals surface area contributed by atoms with Crippen molar-refractivity contribution in [2.45, 2.75) is 26.2 Å². The molecular weight excluding hydrogens is 255 g/mol. The molecule has 0 saturated heterocycles. The molecular formula is C11H15BF3KO. The molecule has 0 aliphatic heterocycles. The number of halogens is 3. The van der Waals surface area contributed by atoms with Crippen LogP contribution in [0.1, 0.15) is 26.3 Å². The van der Waals surface area contributed by atoms with E-state index in [0.29, 0.717) is 0 Å². The van der Waals surface area contributed by atoms with E-state index >= 15 is 0 Å². The summed E-state index contributed by atoms with van der Waals surface area (Å²) in [4.78, 5) is 0. The Labute approximate surface area is 143 Å². The van der Waals surface area contributed by atoms with Crippen molar-refractivity contribution in [3.8, 4) is 5.75 Å². The van der Waals surface area contributed by atoms with Crippen LogP contribution in [0.15, 0.2) is 24.3 Å². The van der Waals surface area contributed by atoms with Crippen LogP contribution in [0.3, 0.4) is 0 Å². The second kappa shape index (κ2) is 6.61. The molecule has 0 aliphatic carbocycles. The average molecular weight is 270 g/mol. The van der Waals surface area contributed by atoms with E-state index in [1.165, 1.54) is 6.07 Å². The van der Waals surface area contributed by atoms with Crippen molar-refractivity contribution >= 4 is 6.98 Å². The number of benzene rings is 1. The minimum atomic E-state index is -4.89. The largest absolute Gasteiger partial charge is 1.00 e. The molecule has 0 bridgehead atoms. The molecule has 0 N–H and O–H groups in total. The summed E-state index contributed by atoms with van der Waals surface area (Å²) in [5, 5.41) is 0. The summed E-state index contributed by atoms with van der Waals surface area (Å²) in [6.45, 7) is -0.0806. The van der Waals surface area contributed by atoms with Crippen LogP contribution in [0.2, 0.25) is 0 Å². The first-order valence-electron chi connectivity index (χ1n) is 5.13. The zero-order valence-corrected chi connectivity index (χ0v) is 13.8. The van der Waals surface area contributed by atoms with Crippen molar-refractivity contribution in [3.63, 3.8) is 0 Å². The van der Waals surface area contributed by atoms with E-state index in [9.17, 15) is 12.9 Å². The van der Waals surface area contributed by atoms with Gasteiger partial charge in [-0.3, -0.25) is 0 Å². The van der Waals surface area contributed by atoms with E-state index in [2.05, 4.69) is 0 Å². The molecule has 90 valence electrons. The van der Waals surface area contributed by atoms with Gasteiger partial charge in [-0.15, -0.1) is 0 Å². The molecule has 6 heteroatoms. The zero-order valence-electron chi connectivity index (χ0n) is 10.6. The number of hydrogen-bond donors (Lipinski definition) is 0. The third kappa shape index (κ3) is 6.86. The van der Waals surface area contributed by atoms with Crippen LogP contribution >= 0.6 is 0 Å². The monoisotopic (exact) mass is 270 g/mol. The van der Waals surface area contributed by atoms with E-state index in [4.69, 9.17) is 4.74 Å². The molecule has 1 aromatic rings. The van der Waals surface area contributed by atoms with Crippen LogP contribution in [-0.4, -0.2) is 13.5 Å². The summed E-state index contributed by atoms with van der Waals surface area (Å²) in [5.41, 5.74) is 0.864. The van der Waals surface area contributed by atoms with Crippen molar-refractivity contribution in [2.24, 2.45) is 0 Å². The molecule has 0 radical (unpaired) electrons. The smallest absolute Gasteiger partial charge is 0.522 e. The van der Waals surface area contributed by atoms with E-state index in [1.54, 1.807) is 12.1 Å². The number of hydrogen-bond acceptors (Lipinski definition) is 1. The van der Waals surface area contributed by atoms with Crippen LogP contribution < -0.4 is 56.1 Å². The zero-order chi connectivity index (χ0) is 12.4. The molecule has 0 unspecified atom stereocenters. The van der Waals surface area contributed by atoms with Crippen molar-refractivity contribution in [1.82, 2.24) is 0 Å². The summed E-state index contributed by atoms with van der Waals surface area (Å²) >= 11 is 0. The Balaban J connectivity index is 0.00000256. The van der Waals surface area contributed by atoms with Gasteiger partial charge < -0.3 is 17.7 Å². The quantitative estimate of drug-likeness (QED) is 0.737. The number of ether oxygens (including phenoxy) is 1. The Kier molecular flexibility index (Phi) is 6.81. The molecule has 1 aromatic carbocycles. The average Bonchev–Trinajstić information content (AvgIpc) is 2.13. The van der Waals surface area contributed by atoms with E-state index < -0.39 is 13.5 Å². The van der Waals surface area contributed by atoms with Crippen LogP contribution in [-0.2, 0) is 5.41 Å². The van der Waals surface area contributed by atoms with Gasteiger partial charge in [-0.25, -0.2) is 0 Å². The molecule has 1 nitrogen and oxygen atoms in total. The Hall–Kier alpha value is 0.511. The predicted octanol–water partition coefficient (Wildman–Crippen LogP) is 0.753. The van der Waals surface area contributed by atoms with Crippen molar-refractivity contribution in [3.05, 3.63) is 29.8 Å². The third-order valence-corrected chi connectivity index (χ3v) is 2.14. The maximum Gasteiger partial charge on any atom is 1.00 e. The third-order valence-electron chi connectivity index (χ3n) is 2.14. The van der Waals surface area contributed by atoms with E-state index in [-0.39, 0.29) is 62.5 Å². The molecule has 0 atom stereocenters. The first kappa shape index (κ1) is 17.5. The van der Waals surface area contributed by atoms with Gasteiger partial charge in [0.15, 0.2) is 0 Å². The summed E-state index contributed by atoms with van der Waals surface area (Å²) < 4.78 is 40.7. The fraction of sp³-hybridized carbons (Fsp3) is 0.455. The second-order valence-corrected chi connectivity index (χ2v) is 4.80. The Morgan fingerprint density at radius 1 is 1.18 bits per heavy atom. The molecule has 0 saturated carbocycles. The van der Waals surface area contributed by atoms with Crippen LogP contribution in [0, 0.1) is 0 Å². The van der Waals surface area contributed by atoms with Gasteiger partial charge in [-0.05, 0) is 23.1 Å². The SMILES string of the molecule is CC(C)(C)c1cccc(OC[B-](F)(F)F)c1.[K+]. The van der Waals surface area contributed by atoms with Crippen LogP contribution in [0.5, 0.6) is 5.75 Å². The van der Waals surface area contributed by atoms with Gasteiger partial charge in [-0.1, -0.05) is 32.9 Å². The topological polar surface area (TPSA) is 9.23 Å². The standard InChI is InChI=1S/C11H15BF3O.K/c1-11(2,3)9-5-4-6-10(7-9)16-8-12(13,14)15;/h4-7H,8H2,1-3H3;/q-1;+1. The van der Waals surface area contributed by atoms with Crippen LogP contribution in [0.4, 0.5) is 12.9 Å². The molecule has 0 aromatic heterocycles. The minimum absolute atomic E-state index is 0. The predicted molar refractivity (Wildman–Crippen MR) is 59.7 cm³/mol. The normalized spacial score (nSPS) is 11.9. The van der Waals surface area contributed by atoms with Gasteiger partial charge in [0.2, 0.25) is 0 Å². The summed E-state index contributed by atoms with van der Waals surface area (Å²) in [5.74, 6) is 0.270. The van der Waals surface area contributed by atoms with E-state index in [1.807, 2.05) is 26.8 Å². The van der Waals surface area contributed by atoms with Crippen molar-refractivity contribution in [2.75, 3.05) is 6.51 Å². The van der Waals surface area contributed by atoms with Crippen molar-refractivity contribution in [1.29, 1.82) is 0 Å². The molecule has 0 fully saturated rings. The van der Waals surface area contributed by atoms with Gasteiger partial charge >= 0.3 is 58.4 Å². The second-order valence-electron chi connectivity index (χ2n) is 4.80. The Bertz CT molecular complexity index is 360. The van der Waals surface area contributed by atoms with Gasteiger partial charge in [0.05, 0.1) is 6.51 Å². The Morgan fingerprint density at radius 2 is 1.76 bits per heavy atom. The molecule has 0 amide bonds. The first-order chi connectivity index (χ1) is 7.18. The summed E-state index contributed by atoms with van der Waals surface area (Å²) in [7, 11) is 0.